The van der Waals surface area contributed by atoms with Gasteiger partial charge in [-0.2, -0.15) is 0 Å². The van der Waals surface area contributed by atoms with Crippen LogP contribution >= 0.6 is 23.1 Å². The lowest BCUT2D eigenvalue weighted by molar-refractivity contribution is -0.132. The average Bonchev–Trinajstić information content (AvgIpc) is 3.37. The molecule has 5 rings (SSSR count). The largest absolute Gasteiger partial charge is 0.339 e. The first-order valence-corrected chi connectivity index (χ1v) is 13.1. The third-order valence-corrected chi connectivity index (χ3v) is 8.04. The van der Waals surface area contributed by atoms with E-state index < -0.39 is 0 Å². The first-order valence-electron chi connectivity index (χ1n) is 11.4. The van der Waals surface area contributed by atoms with Crippen LogP contribution in [0.2, 0.25) is 0 Å². The fourth-order valence-electron chi connectivity index (χ4n) is 4.21. The van der Waals surface area contributed by atoms with Crippen molar-refractivity contribution in [2.75, 3.05) is 26.2 Å². The molecule has 0 spiro atoms. The van der Waals surface area contributed by atoms with E-state index in [1.54, 1.807) is 23.1 Å². The highest BCUT2D eigenvalue weighted by atomic mass is 32.2. The second-order valence-corrected chi connectivity index (χ2v) is 10.9. The molecule has 2 aliphatic rings. The second-order valence-electron chi connectivity index (χ2n) is 8.60. The zero-order chi connectivity index (χ0) is 21.9. The van der Waals surface area contributed by atoms with Gasteiger partial charge in [0.05, 0.1) is 5.25 Å². The van der Waals surface area contributed by atoms with Gasteiger partial charge in [0.1, 0.15) is 5.82 Å². The molecule has 1 amide bonds. The maximum Gasteiger partial charge on any atom is 0.235 e. The Hall–Kier alpha value is -2.16. The third kappa shape index (κ3) is 5.08. The molecule has 1 aromatic carbocycles. The van der Waals surface area contributed by atoms with E-state index >= 15 is 0 Å². The molecule has 0 N–H and O–H groups in total. The van der Waals surface area contributed by atoms with Crippen LogP contribution in [-0.2, 0) is 17.8 Å². The molecular weight excluding hydrogens is 438 g/mol. The number of nitrogens with zero attached hydrogens (tertiary/aromatic N) is 5. The van der Waals surface area contributed by atoms with Crippen molar-refractivity contribution in [3.05, 3.63) is 64.1 Å². The molecule has 0 bridgehead atoms. The molecule has 1 saturated heterocycles. The summed E-state index contributed by atoms with van der Waals surface area (Å²) in [5, 5.41) is 11.8. The molecule has 1 saturated carbocycles. The van der Waals surface area contributed by atoms with Gasteiger partial charge >= 0.3 is 0 Å². The van der Waals surface area contributed by atoms with E-state index in [9.17, 15) is 4.79 Å². The Balaban J connectivity index is 1.18. The molecular formula is C24H29N5OS2. The predicted molar refractivity (Wildman–Crippen MR) is 129 cm³/mol. The molecule has 3 heterocycles. The SMILES string of the molecule is C[C@H](Sc1nnc(Cc2cccs2)n1C1CC1)C(=O)N1CCN(Cc2ccccc2)CC1. The number of amides is 1. The molecule has 8 heteroatoms. The second kappa shape index (κ2) is 9.77. The molecule has 1 aliphatic carbocycles. The quantitative estimate of drug-likeness (QED) is 0.467. The Bertz CT molecular complexity index is 1020. The molecule has 168 valence electrons. The molecule has 3 aromatic rings. The number of rotatable bonds is 8. The minimum atomic E-state index is -0.160. The molecule has 1 atom stereocenters. The van der Waals surface area contributed by atoms with Gasteiger partial charge in [0.25, 0.3) is 0 Å². The number of thioether (sulfide) groups is 1. The number of benzene rings is 1. The summed E-state index contributed by atoms with van der Waals surface area (Å²) in [6, 6.07) is 15.3. The molecule has 32 heavy (non-hydrogen) atoms. The lowest BCUT2D eigenvalue weighted by Crippen LogP contribution is -2.50. The van der Waals surface area contributed by atoms with Crippen LogP contribution in [0.3, 0.4) is 0 Å². The Kier molecular flexibility index (Phi) is 6.62. The average molecular weight is 468 g/mol. The Morgan fingerprint density at radius 2 is 1.88 bits per heavy atom. The van der Waals surface area contributed by atoms with Crippen LogP contribution in [-0.4, -0.2) is 61.9 Å². The van der Waals surface area contributed by atoms with Crippen LogP contribution < -0.4 is 0 Å². The van der Waals surface area contributed by atoms with Crippen molar-refractivity contribution in [1.29, 1.82) is 0 Å². The Morgan fingerprint density at radius 3 is 2.56 bits per heavy atom. The van der Waals surface area contributed by atoms with Gasteiger partial charge in [0, 0.05) is 50.1 Å². The van der Waals surface area contributed by atoms with Crippen molar-refractivity contribution in [2.45, 2.75) is 49.2 Å². The fraction of sp³-hybridized carbons (Fsp3) is 0.458. The molecule has 0 radical (unpaired) electrons. The van der Waals surface area contributed by atoms with Gasteiger partial charge in [-0.25, -0.2) is 0 Å². The van der Waals surface area contributed by atoms with Gasteiger partial charge in [0.2, 0.25) is 5.91 Å². The highest BCUT2D eigenvalue weighted by Crippen LogP contribution is 2.40. The topological polar surface area (TPSA) is 54.3 Å². The van der Waals surface area contributed by atoms with Crippen molar-refractivity contribution in [3.63, 3.8) is 0 Å². The lowest BCUT2D eigenvalue weighted by Gasteiger charge is -2.35. The van der Waals surface area contributed by atoms with E-state index in [1.165, 1.54) is 23.3 Å². The van der Waals surface area contributed by atoms with Gasteiger partial charge in [-0.1, -0.05) is 48.2 Å². The maximum absolute atomic E-state index is 13.2. The minimum absolute atomic E-state index is 0.160. The summed E-state index contributed by atoms with van der Waals surface area (Å²) in [5.41, 5.74) is 1.33. The first-order chi connectivity index (χ1) is 15.7. The van der Waals surface area contributed by atoms with Crippen molar-refractivity contribution in [2.24, 2.45) is 0 Å². The summed E-state index contributed by atoms with van der Waals surface area (Å²) < 4.78 is 2.28. The molecule has 6 nitrogen and oxygen atoms in total. The highest BCUT2D eigenvalue weighted by molar-refractivity contribution is 8.00. The summed E-state index contributed by atoms with van der Waals surface area (Å²) in [5.74, 6) is 1.23. The molecule has 1 aliphatic heterocycles. The highest BCUT2D eigenvalue weighted by Gasteiger charge is 2.32. The number of carbonyl (C=O) groups is 1. The zero-order valence-corrected chi connectivity index (χ0v) is 20.0. The molecule has 2 aromatic heterocycles. The van der Waals surface area contributed by atoms with Gasteiger partial charge in [0.15, 0.2) is 5.16 Å². The smallest absolute Gasteiger partial charge is 0.235 e. The fourth-order valence-corrected chi connectivity index (χ4v) is 5.93. The lowest BCUT2D eigenvalue weighted by atomic mass is 10.2. The molecule has 2 fully saturated rings. The van der Waals surface area contributed by atoms with Crippen molar-refractivity contribution in [3.8, 4) is 0 Å². The minimum Gasteiger partial charge on any atom is -0.339 e. The number of piperazine rings is 1. The maximum atomic E-state index is 13.2. The van der Waals surface area contributed by atoms with E-state index in [1.807, 2.05) is 17.9 Å². The Morgan fingerprint density at radius 1 is 1.09 bits per heavy atom. The zero-order valence-electron chi connectivity index (χ0n) is 18.4. The van der Waals surface area contributed by atoms with Crippen LogP contribution in [0.25, 0.3) is 0 Å². The monoisotopic (exact) mass is 467 g/mol. The van der Waals surface area contributed by atoms with Crippen LogP contribution in [0.4, 0.5) is 0 Å². The van der Waals surface area contributed by atoms with E-state index in [2.05, 4.69) is 61.4 Å². The first kappa shape index (κ1) is 21.7. The van der Waals surface area contributed by atoms with Crippen LogP contribution in [0.15, 0.2) is 53.0 Å². The summed E-state index contributed by atoms with van der Waals surface area (Å²) in [4.78, 5) is 18.9. The van der Waals surface area contributed by atoms with Gasteiger partial charge in [-0.15, -0.1) is 21.5 Å². The van der Waals surface area contributed by atoms with Gasteiger partial charge < -0.3 is 9.47 Å². The van der Waals surface area contributed by atoms with Crippen molar-refractivity contribution < 1.29 is 4.79 Å². The summed E-state index contributed by atoms with van der Waals surface area (Å²) in [6.07, 6.45) is 3.16. The van der Waals surface area contributed by atoms with E-state index in [0.29, 0.717) is 6.04 Å². The normalized spacial score (nSPS) is 18.1. The number of aromatic nitrogens is 3. The summed E-state index contributed by atoms with van der Waals surface area (Å²) >= 11 is 3.32. The number of hydrogen-bond donors (Lipinski definition) is 0. The van der Waals surface area contributed by atoms with Gasteiger partial charge in [-0.05, 0) is 36.8 Å². The van der Waals surface area contributed by atoms with E-state index in [-0.39, 0.29) is 11.2 Å². The number of carbonyl (C=O) groups excluding carboxylic acids is 1. The summed E-state index contributed by atoms with van der Waals surface area (Å²) in [6.45, 7) is 6.37. The summed E-state index contributed by atoms with van der Waals surface area (Å²) in [7, 11) is 0. The van der Waals surface area contributed by atoms with E-state index in [0.717, 1.165) is 50.1 Å². The van der Waals surface area contributed by atoms with Crippen LogP contribution in [0.5, 0.6) is 0 Å². The van der Waals surface area contributed by atoms with Crippen molar-refractivity contribution >= 4 is 29.0 Å². The van der Waals surface area contributed by atoms with Crippen LogP contribution in [0.1, 0.15) is 42.1 Å². The Labute approximate surface area is 197 Å². The molecule has 0 unspecified atom stereocenters. The van der Waals surface area contributed by atoms with Crippen LogP contribution in [0, 0.1) is 0 Å². The van der Waals surface area contributed by atoms with Gasteiger partial charge in [-0.3, -0.25) is 9.69 Å². The predicted octanol–water partition coefficient (Wildman–Crippen LogP) is 4.09. The number of thiophene rings is 1. The standard InChI is InChI=1S/C24H29N5OS2/c1-18(23(30)28-13-11-27(12-14-28)17-19-6-3-2-4-7-19)32-24-26-25-22(29(24)20-9-10-20)16-21-8-5-15-31-21/h2-8,15,18,20H,9-14,16-17H2,1H3/t18-/m0/s1. The number of hydrogen-bond acceptors (Lipinski definition) is 6. The third-order valence-electron chi connectivity index (χ3n) is 6.12. The van der Waals surface area contributed by atoms with Crippen molar-refractivity contribution in [1.82, 2.24) is 24.6 Å². The van der Waals surface area contributed by atoms with E-state index in [4.69, 9.17) is 0 Å².